The van der Waals surface area contributed by atoms with Gasteiger partial charge in [-0.25, -0.2) is 0 Å². The highest BCUT2D eigenvalue weighted by Crippen LogP contribution is 2.20. The topological polar surface area (TPSA) is 77.0 Å². The molecule has 0 aliphatic heterocycles. The van der Waals surface area contributed by atoms with E-state index in [-0.39, 0.29) is 5.91 Å². The number of amides is 1. The maximum Gasteiger partial charge on any atom is 0.278 e. The third-order valence-corrected chi connectivity index (χ3v) is 2.83. The zero-order valence-electron chi connectivity index (χ0n) is 10.6. The number of anilines is 2. The van der Waals surface area contributed by atoms with E-state index in [1.165, 1.54) is 9.58 Å². The molecule has 0 saturated carbocycles. The molecule has 0 bridgehead atoms. The number of aryl methyl sites for hydroxylation is 2. The van der Waals surface area contributed by atoms with Gasteiger partial charge in [0.15, 0.2) is 0 Å². The molecule has 0 radical (unpaired) electrons. The Kier molecular flexibility index (Phi) is 3.01. The molecule has 0 atom stereocenters. The van der Waals surface area contributed by atoms with Gasteiger partial charge in [-0.2, -0.15) is 5.10 Å². The van der Waals surface area contributed by atoms with Crippen LogP contribution in [-0.2, 0) is 7.05 Å². The second-order valence-electron chi connectivity index (χ2n) is 4.04. The third-order valence-electron chi connectivity index (χ3n) is 2.83. The summed E-state index contributed by atoms with van der Waals surface area (Å²) in [5.74, 6) is -0.193. The summed E-state index contributed by atoms with van der Waals surface area (Å²) in [6, 6.07) is 3.52. The zero-order valence-corrected chi connectivity index (χ0v) is 10.6. The van der Waals surface area contributed by atoms with E-state index in [9.17, 15) is 4.79 Å². The van der Waals surface area contributed by atoms with Gasteiger partial charge >= 0.3 is 0 Å². The van der Waals surface area contributed by atoms with Crippen LogP contribution in [0.3, 0.4) is 0 Å². The summed E-state index contributed by atoms with van der Waals surface area (Å²) < 4.78 is 1.50. The molecule has 2 aromatic rings. The van der Waals surface area contributed by atoms with Crippen molar-refractivity contribution in [2.75, 3.05) is 17.7 Å². The van der Waals surface area contributed by atoms with Crippen LogP contribution in [0.1, 0.15) is 16.2 Å². The summed E-state index contributed by atoms with van der Waals surface area (Å²) in [4.78, 5) is 17.8. The molecule has 0 aromatic carbocycles. The number of hydrogen-bond donors (Lipinski definition) is 1. The average molecular weight is 245 g/mol. The first-order valence-electron chi connectivity index (χ1n) is 5.49. The Balaban J connectivity index is 2.38. The van der Waals surface area contributed by atoms with E-state index in [2.05, 4.69) is 10.1 Å². The number of nitrogens with two attached hydrogens (primary N) is 1. The number of nitrogen functional groups attached to an aromatic ring is 1. The highest BCUT2D eigenvalue weighted by atomic mass is 16.2. The first kappa shape index (κ1) is 12.1. The van der Waals surface area contributed by atoms with Crippen molar-refractivity contribution in [3.63, 3.8) is 0 Å². The molecule has 0 aliphatic rings. The summed E-state index contributed by atoms with van der Waals surface area (Å²) in [7, 11) is 3.40. The molecule has 0 spiro atoms. The van der Waals surface area contributed by atoms with Crippen molar-refractivity contribution in [1.82, 2.24) is 14.8 Å². The molecule has 18 heavy (non-hydrogen) atoms. The molecule has 2 aromatic heterocycles. The van der Waals surface area contributed by atoms with Crippen LogP contribution in [0.25, 0.3) is 0 Å². The molecular weight excluding hydrogens is 230 g/mol. The quantitative estimate of drug-likeness (QED) is 0.855. The number of pyridine rings is 1. The standard InChI is InChI=1S/C12H15N5O/c1-8-10(13)11(17(3)15-8)12(18)16(2)9-4-6-14-7-5-9/h4-7H,13H2,1-3H3. The Bertz CT molecular complexity index is 576. The van der Waals surface area contributed by atoms with Crippen LogP contribution in [0.2, 0.25) is 0 Å². The van der Waals surface area contributed by atoms with Crippen molar-refractivity contribution in [2.24, 2.45) is 7.05 Å². The van der Waals surface area contributed by atoms with Crippen LogP contribution in [0, 0.1) is 6.92 Å². The van der Waals surface area contributed by atoms with Crippen LogP contribution < -0.4 is 10.6 Å². The Hall–Kier alpha value is -2.37. The minimum Gasteiger partial charge on any atom is -0.395 e. The molecule has 2 rings (SSSR count). The summed E-state index contributed by atoms with van der Waals surface area (Å²) in [5.41, 5.74) is 8.11. The smallest absolute Gasteiger partial charge is 0.278 e. The van der Waals surface area contributed by atoms with Gasteiger partial charge in [0.2, 0.25) is 0 Å². The molecule has 0 unspecified atom stereocenters. The predicted molar refractivity (Wildman–Crippen MR) is 69.3 cm³/mol. The minimum absolute atomic E-state index is 0.193. The van der Waals surface area contributed by atoms with Gasteiger partial charge in [-0.05, 0) is 19.1 Å². The van der Waals surface area contributed by atoms with E-state index in [0.29, 0.717) is 17.1 Å². The lowest BCUT2D eigenvalue weighted by atomic mass is 10.2. The van der Waals surface area contributed by atoms with Crippen molar-refractivity contribution in [3.05, 3.63) is 35.9 Å². The van der Waals surface area contributed by atoms with Crippen molar-refractivity contribution >= 4 is 17.3 Å². The average Bonchev–Trinajstić information content (AvgIpc) is 2.63. The lowest BCUT2D eigenvalue weighted by Crippen LogP contribution is -2.28. The minimum atomic E-state index is -0.193. The van der Waals surface area contributed by atoms with E-state index in [4.69, 9.17) is 5.73 Å². The number of nitrogens with zero attached hydrogens (tertiary/aromatic N) is 4. The molecule has 0 fully saturated rings. The highest BCUT2D eigenvalue weighted by Gasteiger charge is 2.22. The van der Waals surface area contributed by atoms with E-state index in [0.717, 1.165) is 5.69 Å². The molecule has 94 valence electrons. The van der Waals surface area contributed by atoms with Crippen molar-refractivity contribution in [2.45, 2.75) is 6.92 Å². The highest BCUT2D eigenvalue weighted by molar-refractivity contribution is 6.08. The Morgan fingerprint density at radius 2 is 2.00 bits per heavy atom. The molecule has 6 nitrogen and oxygen atoms in total. The molecular formula is C12H15N5O. The van der Waals surface area contributed by atoms with E-state index in [1.54, 1.807) is 45.5 Å². The van der Waals surface area contributed by atoms with Gasteiger partial charge < -0.3 is 10.6 Å². The fraction of sp³-hybridized carbons (Fsp3) is 0.250. The van der Waals surface area contributed by atoms with E-state index >= 15 is 0 Å². The number of carbonyl (C=O) groups excluding carboxylic acids is 1. The maximum absolute atomic E-state index is 12.4. The summed E-state index contributed by atoms with van der Waals surface area (Å²) in [6.07, 6.45) is 3.27. The van der Waals surface area contributed by atoms with Crippen molar-refractivity contribution in [1.29, 1.82) is 0 Å². The summed E-state index contributed by atoms with van der Waals surface area (Å²) >= 11 is 0. The van der Waals surface area contributed by atoms with Gasteiger partial charge in [-0.1, -0.05) is 0 Å². The van der Waals surface area contributed by atoms with Crippen molar-refractivity contribution < 1.29 is 4.79 Å². The Labute approximate surface area is 105 Å². The lowest BCUT2D eigenvalue weighted by molar-refractivity contribution is 0.0985. The zero-order chi connectivity index (χ0) is 13.3. The second-order valence-corrected chi connectivity index (χ2v) is 4.04. The maximum atomic E-state index is 12.4. The normalized spacial score (nSPS) is 10.4. The number of aromatic nitrogens is 3. The number of hydrogen-bond acceptors (Lipinski definition) is 4. The van der Waals surface area contributed by atoms with Crippen LogP contribution in [0.15, 0.2) is 24.5 Å². The van der Waals surface area contributed by atoms with Crippen LogP contribution in [0.5, 0.6) is 0 Å². The summed E-state index contributed by atoms with van der Waals surface area (Å²) in [6.45, 7) is 1.78. The first-order valence-corrected chi connectivity index (χ1v) is 5.49. The van der Waals surface area contributed by atoms with E-state index < -0.39 is 0 Å². The van der Waals surface area contributed by atoms with Gasteiger partial charge in [0.1, 0.15) is 5.69 Å². The van der Waals surface area contributed by atoms with Crippen molar-refractivity contribution in [3.8, 4) is 0 Å². The van der Waals surface area contributed by atoms with Gasteiger partial charge in [0.05, 0.1) is 11.4 Å². The predicted octanol–water partition coefficient (Wildman–Crippen LogP) is 0.982. The SMILES string of the molecule is Cc1nn(C)c(C(=O)N(C)c2ccncc2)c1N. The second kappa shape index (κ2) is 4.48. The number of rotatable bonds is 2. The largest absolute Gasteiger partial charge is 0.395 e. The van der Waals surface area contributed by atoms with Gasteiger partial charge in [0.25, 0.3) is 5.91 Å². The van der Waals surface area contributed by atoms with Gasteiger partial charge in [-0.15, -0.1) is 0 Å². The van der Waals surface area contributed by atoms with Crippen LogP contribution in [-0.4, -0.2) is 27.7 Å². The molecule has 0 saturated heterocycles. The molecule has 2 N–H and O–H groups in total. The Morgan fingerprint density at radius 1 is 1.39 bits per heavy atom. The molecule has 1 amide bonds. The van der Waals surface area contributed by atoms with E-state index in [1.807, 2.05) is 0 Å². The first-order chi connectivity index (χ1) is 8.52. The van der Waals surface area contributed by atoms with Crippen LogP contribution in [0.4, 0.5) is 11.4 Å². The molecule has 0 aliphatic carbocycles. The van der Waals surface area contributed by atoms with Gasteiger partial charge in [0, 0.05) is 32.2 Å². The molecule has 6 heteroatoms. The monoisotopic (exact) mass is 245 g/mol. The lowest BCUT2D eigenvalue weighted by Gasteiger charge is -2.17. The summed E-state index contributed by atoms with van der Waals surface area (Å²) in [5, 5.41) is 4.14. The Morgan fingerprint density at radius 3 is 2.50 bits per heavy atom. The fourth-order valence-electron chi connectivity index (χ4n) is 1.77. The molecule has 2 heterocycles. The third kappa shape index (κ3) is 1.92. The van der Waals surface area contributed by atoms with Gasteiger partial charge in [-0.3, -0.25) is 14.5 Å². The fourth-order valence-corrected chi connectivity index (χ4v) is 1.77. The number of carbonyl (C=O) groups is 1. The van der Waals surface area contributed by atoms with Crippen LogP contribution >= 0.6 is 0 Å².